The minimum atomic E-state index is -0.774. The lowest BCUT2D eigenvalue weighted by atomic mass is 9.84. The highest BCUT2D eigenvalue weighted by Crippen LogP contribution is 2.28. The maximum absolute atomic E-state index is 12.3. The Morgan fingerprint density at radius 2 is 1.94 bits per heavy atom. The Morgan fingerprint density at radius 3 is 2.61 bits per heavy atom. The average molecular weight is 254 g/mol. The van der Waals surface area contributed by atoms with Crippen molar-refractivity contribution < 1.29 is 14.7 Å². The van der Waals surface area contributed by atoms with Crippen molar-refractivity contribution in [1.82, 2.24) is 4.90 Å². The molecule has 1 heterocycles. The fourth-order valence-corrected chi connectivity index (χ4v) is 3.15. The number of likely N-dealkylation sites (tertiary alicyclic amines) is 1. The van der Waals surface area contributed by atoms with Gasteiger partial charge >= 0.3 is 5.97 Å². The molecule has 2 rings (SSSR count). The number of carbonyl (C=O) groups is 2. The molecule has 5 nitrogen and oxygen atoms in total. The summed E-state index contributed by atoms with van der Waals surface area (Å²) in [5, 5.41) is 8.77. The van der Waals surface area contributed by atoms with Crippen LogP contribution in [0.5, 0.6) is 0 Å². The second-order valence-electron chi connectivity index (χ2n) is 5.59. The number of rotatable bonds is 3. The van der Waals surface area contributed by atoms with Crippen LogP contribution < -0.4 is 5.73 Å². The van der Waals surface area contributed by atoms with Gasteiger partial charge in [-0.1, -0.05) is 12.8 Å². The highest BCUT2D eigenvalue weighted by Gasteiger charge is 2.35. The van der Waals surface area contributed by atoms with Crippen LogP contribution >= 0.6 is 0 Å². The van der Waals surface area contributed by atoms with Gasteiger partial charge in [-0.05, 0) is 25.2 Å². The minimum absolute atomic E-state index is 0.00947. The molecule has 0 spiro atoms. The molecule has 18 heavy (non-hydrogen) atoms. The number of nitrogens with zero attached hydrogens (tertiary/aromatic N) is 1. The molecule has 0 aromatic rings. The fourth-order valence-electron chi connectivity index (χ4n) is 3.15. The molecule has 3 unspecified atom stereocenters. The number of hydrogen-bond acceptors (Lipinski definition) is 3. The summed E-state index contributed by atoms with van der Waals surface area (Å²) >= 11 is 0. The second-order valence-corrected chi connectivity index (χ2v) is 5.59. The maximum atomic E-state index is 12.3. The molecule has 3 N–H and O–H groups in total. The van der Waals surface area contributed by atoms with Crippen molar-refractivity contribution in [3.63, 3.8) is 0 Å². The van der Waals surface area contributed by atoms with Crippen LogP contribution in [0.25, 0.3) is 0 Å². The quantitative estimate of drug-likeness (QED) is 0.781. The highest BCUT2D eigenvalue weighted by atomic mass is 16.4. The monoisotopic (exact) mass is 254 g/mol. The predicted octanol–water partition coefficient (Wildman–Crippen LogP) is 0.827. The van der Waals surface area contributed by atoms with Gasteiger partial charge in [-0.25, -0.2) is 0 Å². The van der Waals surface area contributed by atoms with Gasteiger partial charge in [0.25, 0.3) is 0 Å². The maximum Gasteiger partial charge on any atom is 0.303 e. The third-order valence-electron chi connectivity index (χ3n) is 4.20. The van der Waals surface area contributed by atoms with Crippen LogP contribution in [-0.4, -0.2) is 41.0 Å². The van der Waals surface area contributed by atoms with Crippen LogP contribution in [0.1, 0.15) is 38.5 Å². The van der Waals surface area contributed by atoms with E-state index in [1.165, 1.54) is 0 Å². The summed E-state index contributed by atoms with van der Waals surface area (Å²) in [6.07, 6.45) is 4.99. The fraction of sp³-hybridized carbons (Fsp3) is 0.846. The number of carbonyl (C=O) groups excluding carboxylic acids is 1. The zero-order valence-electron chi connectivity index (χ0n) is 10.7. The van der Waals surface area contributed by atoms with Crippen molar-refractivity contribution in [2.45, 2.75) is 44.6 Å². The SMILES string of the molecule is NC1CCCCC1C(=O)N1CCC(CC(=O)O)C1. The van der Waals surface area contributed by atoms with Crippen LogP contribution in [0.4, 0.5) is 0 Å². The number of aliphatic carboxylic acids is 1. The third-order valence-corrected chi connectivity index (χ3v) is 4.20. The molecule has 0 aromatic heterocycles. The molecule has 1 amide bonds. The Bertz CT molecular complexity index is 332. The Morgan fingerprint density at radius 1 is 1.22 bits per heavy atom. The van der Waals surface area contributed by atoms with Gasteiger partial charge in [0, 0.05) is 25.6 Å². The summed E-state index contributed by atoms with van der Waals surface area (Å²) in [6.45, 7) is 1.29. The van der Waals surface area contributed by atoms with E-state index < -0.39 is 5.97 Å². The summed E-state index contributed by atoms with van der Waals surface area (Å²) < 4.78 is 0. The molecule has 2 aliphatic rings. The van der Waals surface area contributed by atoms with Gasteiger partial charge in [-0.3, -0.25) is 9.59 Å². The first-order valence-electron chi connectivity index (χ1n) is 6.84. The number of carboxylic acid groups (broad SMARTS) is 1. The summed E-state index contributed by atoms with van der Waals surface area (Å²) in [7, 11) is 0. The van der Waals surface area contributed by atoms with Crippen LogP contribution in [0.2, 0.25) is 0 Å². The van der Waals surface area contributed by atoms with E-state index in [0.29, 0.717) is 13.1 Å². The zero-order chi connectivity index (χ0) is 13.1. The van der Waals surface area contributed by atoms with Crippen LogP contribution in [-0.2, 0) is 9.59 Å². The summed E-state index contributed by atoms with van der Waals surface area (Å²) in [4.78, 5) is 24.8. The number of nitrogens with two attached hydrogens (primary N) is 1. The molecular weight excluding hydrogens is 232 g/mol. The van der Waals surface area contributed by atoms with E-state index in [9.17, 15) is 9.59 Å². The first-order valence-corrected chi connectivity index (χ1v) is 6.84. The van der Waals surface area contributed by atoms with Gasteiger partial charge < -0.3 is 15.7 Å². The first-order chi connectivity index (χ1) is 8.58. The molecule has 102 valence electrons. The van der Waals surface area contributed by atoms with Crippen LogP contribution in [0.3, 0.4) is 0 Å². The Kier molecular flexibility index (Phi) is 4.22. The lowest BCUT2D eigenvalue weighted by molar-refractivity contribution is -0.139. The Balaban J connectivity index is 1.88. The topological polar surface area (TPSA) is 83.6 Å². The van der Waals surface area contributed by atoms with Crippen molar-refractivity contribution in [1.29, 1.82) is 0 Å². The standard InChI is InChI=1S/C13H22N2O3/c14-11-4-2-1-3-10(11)13(18)15-6-5-9(8-15)7-12(16)17/h9-11H,1-8,14H2,(H,16,17). The van der Waals surface area contributed by atoms with Crippen molar-refractivity contribution in [3.05, 3.63) is 0 Å². The molecule has 5 heteroatoms. The van der Waals surface area contributed by atoms with E-state index >= 15 is 0 Å². The van der Waals surface area contributed by atoms with Gasteiger partial charge in [0.15, 0.2) is 0 Å². The lowest BCUT2D eigenvalue weighted by Crippen LogP contribution is -2.45. The van der Waals surface area contributed by atoms with Gasteiger partial charge in [-0.2, -0.15) is 0 Å². The zero-order valence-corrected chi connectivity index (χ0v) is 10.7. The Labute approximate surface area is 107 Å². The molecule has 0 radical (unpaired) electrons. The smallest absolute Gasteiger partial charge is 0.303 e. The first kappa shape index (κ1) is 13.3. The summed E-state index contributed by atoms with van der Waals surface area (Å²) in [5.74, 6) is -0.549. The predicted molar refractivity (Wildman–Crippen MR) is 66.9 cm³/mol. The molecule has 3 atom stereocenters. The molecule has 0 bridgehead atoms. The van der Waals surface area contributed by atoms with Gasteiger partial charge in [-0.15, -0.1) is 0 Å². The lowest BCUT2D eigenvalue weighted by Gasteiger charge is -2.31. The van der Waals surface area contributed by atoms with Gasteiger partial charge in [0.05, 0.1) is 5.92 Å². The molecule has 1 aliphatic carbocycles. The van der Waals surface area contributed by atoms with Gasteiger partial charge in [0.2, 0.25) is 5.91 Å². The molecule has 1 saturated heterocycles. The average Bonchev–Trinajstić information content (AvgIpc) is 2.76. The molecule has 0 aromatic carbocycles. The largest absolute Gasteiger partial charge is 0.481 e. The number of amides is 1. The highest BCUT2D eigenvalue weighted by molar-refractivity contribution is 5.80. The minimum Gasteiger partial charge on any atom is -0.481 e. The van der Waals surface area contributed by atoms with Crippen molar-refractivity contribution >= 4 is 11.9 Å². The normalized spacial score (nSPS) is 32.5. The molecule has 1 aliphatic heterocycles. The van der Waals surface area contributed by atoms with Gasteiger partial charge in [0.1, 0.15) is 0 Å². The number of carboxylic acids is 1. The summed E-state index contributed by atoms with van der Waals surface area (Å²) in [6, 6.07) is -0.00947. The third kappa shape index (κ3) is 3.02. The molecular formula is C13H22N2O3. The van der Waals surface area contributed by atoms with Crippen LogP contribution in [0.15, 0.2) is 0 Å². The Hall–Kier alpha value is -1.10. The summed E-state index contributed by atoms with van der Waals surface area (Å²) in [5.41, 5.74) is 6.02. The van der Waals surface area contributed by atoms with Crippen LogP contribution in [0, 0.1) is 11.8 Å². The number of hydrogen-bond donors (Lipinski definition) is 2. The molecule has 2 fully saturated rings. The van der Waals surface area contributed by atoms with E-state index in [1.54, 1.807) is 0 Å². The molecule has 1 saturated carbocycles. The van der Waals surface area contributed by atoms with E-state index in [-0.39, 0.29) is 30.2 Å². The van der Waals surface area contributed by atoms with Crippen molar-refractivity contribution in [3.8, 4) is 0 Å². The van der Waals surface area contributed by atoms with E-state index in [0.717, 1.165) is 32.1 Å². The van der Waals surface area contributed by atoms with E-state index in [1.807, 2.05) is 4.90 Å². The van der Waals surface area contributed by atoms with Crippen molar-refractivity contribution in [2.75, 3.05) is 13.1 Å². The van der Waals surface area contributed by atoms with E-state index in [2.05, 4.69) is 0 Å². The second kappa shape index (κ2) is 5.69. The van der Waals surface area contributed by atoms with Crippen molar-refractivity contribution in [2.24, 2.45) is 17.6 Å². The van der Waals surface area contributed by atoms with E-state index in [4.69, 9.17) is 10.8 Å².